The van der Waals surface area contributed by atoms with E-state index in [0.717, 1.165) is 15.6 Å². The Kier molecular flexibility index (Phi) is 3.16. The number of nitrogens with two attached hydrogens (primary N) is 1. The number of rotatable bonds is 1. The Balaban J connectivity index is 1.98. The number of anilines is 1. The fraction of sp³-hybridized carbons (Fsp3) is 0.357. The standard InChI is InChI=1S/C14H16N2O3S/c1-7-2-3-8-11(4-7)20-13(12(8)15)14(19)16-5-9(17)10(18)6-16/h2-4,9-10,17-18H,5-6,15H2,1H3. The van der Waals surface area contributed by atoms with Crippen LogP contribution in [0, 0.1) is 6.92 Å². The molecule has 0 bridgehead atoms. The Morgan fingerprint density at radius 2 is 2.00 bits per heavy atom. The molecule has 3 rings (SSSR count). The third-order valence-corrected chi connectivity index (χ3v) is 4.78. The lowest BCUT2D eigenvalue weighted by molar-refractivity contribution is 0.0572. The number of amides is 1. The molecule has 0 spiro atoms. The molecule has 2 aromatic rings. The summed E-state index contributed by atoms with van der Waals surface area (Å²) >= 11 is 1.36. The van der Waals surface area contributed by atoms with Crippen LogP contribution < -0.4 is 5.73 Å². The molecule has 0 saturated carbocycles. The minimum atomic E-state index is -0.878. The van der Waals surface area contributed by atoms with Crippen molar-refractivity contribution in [3.05, 3.63) is 28.6 Å². The van der Waals surface area contributed by atoms with Gasteiger partial charge in [-0.2, -0.15) is 0 Å². The number of aryl methyl sites for hydroxylation is 1. The summed E-state index contributed by atoms with van der Waals surface area (Å²) in [7, 11) is 0. The fourth-order valence-electron chi connectivity index (χ4n) is 2.46. The van der Waals surface area contributed by atoms with Gasteiger partial charge in [0.05, 0.1) is 17.9 Å². The molecule has 1 fully saturated rings. The highest BCUT2D eigenvalue weighted by molar-refractivity contribution is 7.21. The largest absolute Gasteiger partial charge is 0.397 e. The number of thiophene rings is 1. The van der Waals surface area contributed by atoms with Crippen molar-refractivity contribution in [3.8, 4) is 0 Å². The molecular formula is C14H16N2O3S. The van der Waals surface area contributed by atoms with Crippen LogP contribution in [0.15, 0.2) is 18.2 Å². The summed E-state index contributed by atoms with van der Waals surface area (Å²) in [6.45, 7) is 2.28. The van der Waals surface area contributed by atoms with E-state index in [1.807, 2.05) is 25.1 Å². The molecule has 1 saturated heterocycles. The Labute approximate surface area is 120 Å². The topological polar surface area (TPSA) is 86.8 Å². The predicted octanol–water partition coefficient (Wildman–Crippen LogP) is 0.970. The molecule has 20 heavy (non-hydrogen) atoms. The summed E-state index contributed by atoms with van der Waals surface area (Å²) in [6, 6.07) is 5.88. The molecule has 1 amide bonds. The molecule has 1 aliphatic heterocycles. The van der Waals surface area contributed by atoms with Crippen LogP contribution in [-0.4, -0.2) is 46.3 Å². The number of carbonyl (C=O) groups excluding carboxylic acids is 1. The number of fused-ring (bicyclic) bond motifs is 1. The lowest BCUT2D eigenvalue weighted by atomic mass is 10.1. The zero-order valence-electron chi connectivity index (χ0n) is 11.0. The van der Waals surface area contributed by atoms with Crippen molar-refractivity contribution in [3.63, 3.8) is 0 Å². The number of carbonyl (C=O) groups is 1. The smallest absolute Gasteiger partial charge is 0.266 e. The van der Waals surface area contributed by atoms with Gasteiger partial charge in [0.15, 0.2) is 0 Å². The van der Waals surface area contributed by atoms with E-state index >= 15 is 0 Å². The van der Waals surface area contributed by atoms with E-state index in [0.29, 0.717) is 10.6 Å². The molecule has 2 heterocycles. The number of benzene rings is 1. The van der Waals surface area contributed by atoms with Crippen molar-refractivity contribution < 1.29 is 15.0 Å². The first-order valence-corrected chi connectivity index (χ1v) is 7.23. The van der Waals surface area contributed by atoms with E-state index in [9.17, 15) is 15.0 Å². The minimum absolute atomic E-state index is 0.146. The SMILES string of the molecule is Cc1ccc2c(N)c(C(=O)N3CC(O)C(O)C3)sc2c1. The predicted molar refractivity (Wildman–Crippen MR) is 78.9 cm³/mol. The summed E-state index contributed by atoms with van der Waals surface area (Å²) in [4.78, 5) is 14.4. The highest BCUT2D eigenvalue weighted by atomic mass is 32.1. The number of hydrogen-bond acceptors (Lipinski definition) is 5. The van der Waals surface area contributed by atoms with Crippen LogP contribution in [0.3, 0.4) is 0 Å². The Morgan fingerprint density at radius 1 is 1.35 bits per heavy atom. The molecule has 2 unspecified atom stereocenters. The normalized spacial score (nSPS) is 22.6. The van der Waals surface area contributed by atoms with Gasteiger partial charge in [-0.1, -0.05) is 12.1 Å². The number of hydrogen-bond donors (Lipinski definition) is 3. The zero-order valence-corrected chi connectivity index (χ0v) is 11.9. The number of β-amino-alcohol motifs (C(OH)–C–C–N with tert-alkyl or cyclic N) is 2. The van der Waals surface area contributed by atoms with Crippen LogP contribution in [0.4, 0.5) is 5.69 Å². The highest BCUT2D eigenvalue weighted by Gasteiger charge is 2.34. The van der Waals surface area contributed by atoms with Crippen LogP contribution in [-0.2, 0) is 0 Å². The summed E-state index contributed by atoms with van der Waals surface area (Å²) in [6.07, 6.45) is -1.76. The molecule has 0 radical (unpaired) electrons. The molecule has 2 atom stereocenters. The number of likely N-dealkylation sites (tertiary alicyclic amines) is 1. The Bertz CT molecular complexity index is 672. The first kappa shape index (κ1) is 13.4. The van der Waals surface area contributed by atoms with Crippen LogP contribution >= 0.6 is 11.3 Å². The van der Waals surface area contributed by atoms with Gasteiger partial charge in [0.2, 0.25) is 0 Å². The first-order chi connectivity index (χ1) is 9.47. The molecule has 0 aliphatic carbocycles. The summed E-state index contributed by atoms with van der Waals surface area (Å²) < 4.78 is 0.978. The monoisotopic (exact) mass is 292 g/mol. The van der Waals surface area contributed by atoms with Gasteiger partial charge in [0.25, 0.3) is 5.91 Å². The van der Waals surface area contributed by atoms with Crippen molar-refractivity contribution in [2.75, 3.05) is 18.8 Å². The maximum Gasteiger partial charge on any atom is 0.266 e. The van der Waals surface area contributed by atoms with Crippen molar-refractivity contribution >= 4 is 33.0 Å². The van der Waals surface area contributed by atoms with Gasteiger partial charge in [-0.05, 0) is 18.6 Å². The second kappa shape index (κ2) is 4.73. The zero-order chi connectivity index (χ0) is 14.4. The van der Waals surface area contributed by atoms with Crippen molar-refractivity contribution in [2.45, 2.75) is 19.1 Å². The third-order valence-electron chi connectivity index (χ3n) is 3.62. The second-order valence-electron chi connectivity index (χ2n) is 5.19. The van der Waals surface area contributed by atoms with E-state index in [4.69, 9.17) is 5.73 Å². The quantitative estimate of drug-likeness (QED) is 0.731. The van der Waals surface area contributed by atoms with Crippen molar-refractivity contribution in [2.24, 2.45) is 0 Å². The van der Waals surface area contributed by atoms with E-state index < -0.39 is 12.2 Å². The van der Waals surface area contributed by atoms with Crippen LogP contribution in [0.5, 0.6) is 0 Å². The number of aliphatic hydroxyl groups is 2. The molecule has 5 nitrogen and oxygen atoms in total. The summed E-state index contributed by atoms with van der Waals surface area (Å²) in [5.74, 6) is -0.225. The van der Waals surface area contributed by atoms with Crippen LogP contribution in [0.25, 0.3) is 10.1 Å². The fourth-order valence-corrected chi connectivity index (χ4v) is 3.65. The van der Waals surface area contributed by atoms with Crippen LogP contribution in [0.1, 0.15) is 15.2 Å². The maximum absolute atomic E-state index is 12.4. The molecule has 1 aromatic heterocycles. The molecule has 1 aliphatic rings. The summed E-state index contributed by atoms with van der Waals surface area (Å²) in [5, 5.41) is 20.0. The molecule has 4 N–H and O–H groups in total. The van der Waals surface area contributed by atoms with Crippen LogP contribution in [0.2, 0.25) is 0 Å². The lowest BCUT2D eigenvalue weighted by Gasteiger charge is -2.14. The molecular weight excluding hydrogens is 276 g/mol. The average molecular weight is 292 g/mol. The van der Waals surface area contributed by atoms with Gasteiger partial charge >= 0.3 is 0 Å². The molecule has 6 heteroatoms. The third kappa shape index (κ3) is 2.06. The average Bonchev–Trinajstić information content (AvgIpc) is 2.90. The van der Waals surface area contributed by atoms with Gasteiger partial charge in [0.1, 0.15) is 4.88 Å². The highest BCUT2D eigenvalue weighted by Crippen LogP contribution is 2.35. The van der Waals surface area contributed by atoms with Gasteiger partial charge < -0.3 is 20.8 Å². The molecule has 106 valence electrons. The van der Waals surface area contributed by atoms with E-state index in [1.54, 1.807) is 0 Å². The van der Waals surface area contributed by atoms with Crippen molar-refractivity contribution in [1.29, 1.82) is 0 Å². The van der Waals surface area contributed by atoms with E-state index in [2.05, 4.69) is 0 Å². The maximum atomic E-state index is 12.4. The summed E-state index contributed by atoms with van der Waals surface area (Å²) in [5.41, 5.74) is 7.66. The van der Waals surface area contributed by atoms with Gasteiger partial charge in [-0.15, -0.1) is 11.3 Å². The van der Waals surface area contributed by atoms with Gasteiger partial charge in [-0.25, -0.2) is 0 Å². The number of aliphatic hydroxyl groups excluding tert-OH is 2. The number of nitrogens with zero attached hydrogens (tertiary/aromatic N) is 1. The van der Waals surface area contributed by atoms with Crippen molar-refractivity contribution in [1.82, 2.24) is 4.90 Å². The van der Waals surface area contributed by atoms with E-state index in [1.165, 1.54) is 16.2 Å². The van der Waals surface area contributed by atoms with Gasteiger partial charge in [-0.3, -0.25) is 4.79 Å². The van der Waals surface area contributed by atoms with E-state index in [-0.39, 0.29) is 19.0 Å². The van der Waals surface area contributed by atoms with Gasteiger partial charge in [0, 0.05) is 23.2 Å². The Morgan fingerprint density at radius 3 is 2.65 bits per heavy atom. The molecule has 1 aromatic carbocycles. The Hall–Kier alpha value is -1.63. The first-order valence-electron chi connectivity index (χ1n) is 6.41. The minimum Gasteiger partial charge on any atom is -0.397 e. The number of nitrogen functional groups attached to an aromatic ring is 1. The second-order valence-corrected chi connectivity index (χ2v) is 6.24. The lowest BCUT2D eigenvalue weighted by Crippen LogP contribution is -2.29.